The molecule has 11 nitrogen and oxygen atoms in total. The zero-order valence-corrected chi connectivity index (χ0v) is 24.4. The number of anilines is 1. The Kier molecular flexibility index (Phi) is 6.79. The van der Waals surface area contributed by atoms with Crippen LogP contribution < -0.4 is 16.0 Å². The predicted molar refractivity (Wildman–Crippen MR) is 152 cm³/mol. The summed E-state index contributed by atoms with van der Waals surface area (Å²) in [5.41, 5.74) is 3.96. The smallest absolute Gasteiger partial charge is 0.255 e. The van der Waals surface area contributed by atoms with Crippen LogP contribution in [0.1, 0.15) is 54.6 Å². The third kappa shape index (κ3) is 4.24. The molecule has 0 heterocycles. The number of rotatable bonds is 6. The molecule has 4 aliphatic carbocycles. The fourth-order valence-electron chi connectivity index (χ4n) is 7.56. The van der Waals surface area contributed by atoms with Gasteiger partial charge in [-0.1, -0.05) is 13.8 Å². The number of likely N-dealkylation sites (N-methyl/N-ethyl adjacent to an activating group) is 1. The molecule has 0 aliphatic heterocycles. The van der Waals surface area contributed by atoms with E-state index >= 15 is 0 Å². The summed E-state index contributed by atoms with van der Waals surface area (Å²) < 4.78 is 0. The Labute approximate surface area is 239 Å². The molecule has 1 amide bonds. The van der Waals surface area contributed by atoms with E-state index in [-0.39, 0.29) is 35.1 Å². The van der Waals surface area contributed by atoms with Crippen molar-refractivity contribution in [1.82, 2.24) is 10.2 Å². The number of ketones is 2. The summed E-state index contributed by atoms with van der Waals surface area (Å²) >= 11 is 0. The number of phenolic OH excluding ortho intramolecular Hbond substituents is 1. The van der Waals surface area contributed by atoms with Crippen molar-refractivity contribution in [2.24, 2.45) is 23.0 Å². The summed E-state index contributed by atoms with van der Waals surface area (Å²) in [6, 6.07) is 1.14. The van der Waals surface area contributed by atoms with Crippen LogP contribution in [0.4, 0.5) is 5.69 Å². The predicted octanol–water partition coefficient (Wildman–Crippen LogP) is 1.46. The lowest BCUT2D eigenvalue weighted by molar-refractivity contribution is -0.148. The molecule has 222 valence electrons. The highest BCUT2D eigenvalue weighted by Gasteiger charge is 2.63. The first-order chi connectivity index (χ1) is 19.0. The van der Waals surface area contributed by atoms with Crippen LogP contribution in [0.25, 0.3) is 0 Å². The minimum Gasteiger partial charge on any atom is -0.510 e. The number of carbonyl (C=O) groups is 3. The van der Waals surface area contributed by atoms with Gasteiger partial charge >= 0.3 is 0 Å². The highest BCUT2D eigenvalue weighted by Crippen LogP contribution is 2.53. The third-order valence-electron chi connectivity index (χ3n) is 9.44. The van der Waals surface area contributed by atoms with Crippen LogP contribution in [0.5, 0.6) is 5.75 Å². The lowest BCUT2D eigenvalue weighted by Crippen LogP contribution is -2.63. The van der Waals surface area contributed by atoms with Crippen LogP contribution in [0.2, 0.25) is 0 Å². The molecule has 5 rings (SSSR count). The number of Topliss-reactive ketones (excluding diaryl/α,β-unsaturated/α-hetero) is 2. The molecular formula is C30H40N4O7. The van der Waals surface area contributed by atoms with Gasteiger partial charge in [0.1, 0.15) is 22.8 Å². The Bertz CT molecular complexity index is 1420. The average Bonchev–Trinajstić information content (AvgIpc) is 2.83. The number of aliphatic hydroxyl groups excluding tert-OH is 2. The first-order valence-electron chi connectivity index (χ1n) is 13.9. The van der Waals surface area contributed by atoms with Crippen molar-refractivity contribution in [2.75, 3.05) is 33.1 Å². The molecule has 4 atom stereocenters. The van der Waals surface area contributed by atoms with Crippen molar-refractivity contribution in [3.05, 3.63) is 45.4 Å². The molecule has 0 unspecified atom stereocenters. The molecule has 4 aliphatic rings. The molecule has 1 aromatic carbocycles. The highest BCUT2D eigenvalue weighted by molar-refractivity contribution is 6.24. The first kappa shape index (κ1) is 29.1. The number of amides is 1. The molecule has 11 heteroatoms. The minimum absolute atomic E-state index is 0.0303. The third-order valence-corrected chi connectivity index (χ3v) is 9.44. The lowest BCUT2D eigenvalue weighted by atomic mass is 9.58. The molecule has 41 heavy (non-hydrogen) atoms. The van der Waals surface area contributed by atoms with Gasteiger partial charge in [-0.05, 0) is 62.7 Å². The van der Waals surface area contributed by atoms with E-state index in [1.54, 1.807) is 14.1 Å². The van der Waals surface area contributed by atoms with Crippen LogP contribution in [0, 0.1) is 17.3 Å². The van der Waals surface area contributed by atoms with E-state index in [4.69, 9.17) is 5.73 Å². The van der Waals surface area contributed by atoms with Gasteiger partial charge in [-0.15, -0.1) is 0 Å². The molecule has 0 spiro atoms. The van der Waals surface area contributed by atoms with Crippen molar-refractivity contribution in [1.29, 1.82) is 0 Å². The molecule has 0 bridgehead atoms. The maximum Gasteiger partial charge on any atom is 0.255 e. The van der Waals surface area contributed by atoms with Crippen LogP contribution >= 0.6 is 0 Å². The largest absolute Gasteiger partial charge is 0.510 e. The molecule has 0 saturated heterocycles. The van der Waals surface area contributed by atoms with Crippen molar-refractivity contribution >= 4 is 23.2 Å². The quantitative estimate of drug-likeness (QED) is 0.276. The minimum atomic E-state index is -2.65. The number of fused-ring (bicyclic) bond motifs is 3. The van der Waals surface area contributed by atoms with Gasteiger partial charge in [0, 0.05) is 49.4 Å². The number of phenols is 1. The van der Waals surface area contributed by atoms with E-state index in [2.05, 4.69) is 19.2 Å². The number of aliphatic hydroxyl groups is 3. The van der Waals surface area contributed by atoms with Gasteiger partial charge in [-0.3, -0.25) is 19.3 Å². The second kappa shape index (κ2) is 9.57. The van der Waals surface area contributed by atoms with Crippen molar-refractivity contribution in [3.8, 4) is 5.75 Å². The molecule has 0 aromatic heterocycles. The fraction of sp³-hybridized carbons (Fsp3) is 0.567. The summed E-state index contributed by atoms with van der Waals surface area (Å²) in [4.78, 5) is 43.2. The number of benzene rings is 1. The number of aromatic hydroxyl groups is 1. The first-order valence-corrected chi connectivity index (χ1v) is 13.9. The van der Waals surface area contributed by atoms with Gasteiger partial charge in [-0.2, -0.15) is 0 Å². The molecular weight excluding hydrogens is 528 g/mol. The maximum atomic E-state index is 14.1. The molecule has 0 radical (unpaired) electrons. The second-order valence-corrected chi connectivity index (χ2v) is 13.3. The second-order valence-electron chi connectivity index (χ2n) is 13.3. The summed E-state index contributed by atoms with van der Waals surface area (Å²) in [6.45, 7) is 4.74. The maximum absolute atomic E-state index is 14.1. The zero-order chi connectivity index (χ0) is 30.3. The SMILES string of the molecule is CN(C)c1cc(CNC2CC(C)(C)C2)c(O)c2c1C[C@H]1C[C@H]3[C@H](N(C)C)C(O)=C(C(N)=O)C(=O)[C@@]3(O)C(O)=C1C2=O. The van der Waals surface area contributed by atoms with E-state index in [1.165, 1.54) is 4.90 Å². The van der Waals surface area contributed by atoms with E-state index in [9.17, 15) is 34.8 Å². The van der Waals surface area contributed by atoms with Gasteiger partial charge in [0.2, 0.25) is 5.78 Å². The Hall–Kier alpha value is -3.41. The Morgan fingerprint density at radius 3 is 2.29 bits per heavy atom. The number of carbonyl (C=O) groups excluding carboxylic acids is 3. The summed E-state index contributed by atoms with van der Waals surface area (Å²) in [6.07, 6.45) is 2.31. The Morgan fingerprint density at radius 1 is 1.12 bits per heavy atom. The monoisotopic (exact) mass is 568 g/mol. The van der Waals surface area contributed by atoms with Crippen LogP contribution in [-0.4, -0.2) is 88.7 Å². The van der Waals surface area contributed by atoms with Crippen LogP contribution in [-0.2, 0) is 22.6 Å². The zero-order valence-electron chi connectivity index (χ0n) is 24.4. The van der Waals surface area contributed by atoms with Gasteiger partial charge in [-0.25, -0.2) is 0 Å². The van der Waals surface area contributed by atoms with Crippen molar-refractivity contribution < 1.29 is 34.8 Å². The number of nitrogens with two attached hydrogens (primary N) is 1. The standard InChI is InChI=1S/C30H40N4O7/c1-29(2)10-15(11-29)32-12-14-9-18(33(3)4)16-7-13-8-17-22(34(5)6)25(37)21(28(31)40)27(39)30(17,41)26(38)19(13)24(36)20(16)23(14)35/h9,13,15,17,22,32,35,37-38,41H,7-8,10-12H2,1-6H3,(H2,31,40)/t13-,17-,22-,30-/m0/s1. The normalized spacial score (nSPS) is 29.2. The van der Waals surface area contributed by atoms with E-state index in [0.29, 0.717) is 23.7 Å². The Morgan fingerprint density at radius 2 is 1.76 bits per heavy atom. The van der Waals surface area contributed by atoms with Crippen LogP contribution in [0.3, 0.4) is 0 Å². The van der Waals surface area contributed by atoms with Gasteiger partial charge in [0.15, 0.2) is 11.4 Å². The summed E-state index contributed by atoms with van der Waals surface area (Å²) in [5, 5.41) is 49.1. The number of nitrogens with one attached hydrogen (secondary N) is 1. The number of nitrogens with zero attached hydrogens (tertiary/aromatic N) is 2. The van der Waals surface area contributed by atoms with Gasteiger partial charge < -0.3 is 36.4 Å². The summed E-state index contributed by atoms with van der Waals surface area (Å²) in [7, 11) is 6.91. The molecule has 7 N–H and O–H groups in total. The molecule has 1 saturated carbocycles. The number of hydrogen-bond donors (Lipinski definition) is 6. The van der Waals surface area contributed by atoms with Crippen molar-refractivity contribution in [3.63, 3.8) is 0 Å². The van der Waals surface area contributed by atoms with Gasteiger partial charge in [0.05, 0.1) is 11.6 Å². The van der Waals surface area contributed by atoms with Gasteiger partial charge in [0.25, 0.3) is 5.91 Å². The highest BCUT2D eigenvalue weighted by atomic mass is 16.3. The number of allylic oxidation sites excluding steroid dienone is 1. The molecule has 1 fully saturated rings. The Balaban J connectivity index is 1.62. The van der Waals surface area contributed by atoms with E-state index < -0.39 is 58.0 Å². The molecule has 1 aromatic rings. The van der Waals surface area contributed by atoms with Crippen molar-refractivity contribution in [2.45, 2.75) is 63.8 Å². The van der Waals surface area contributed by atoms with E-state index in [0.717, 1.165) is 18.5 Å². The topological polar surface area (TPSA) is 177 Å². The average molecular weight is 569 g/mol. The number of hydrogen-bond acceptors (Lipinski definition) is 10. The van der Waals surface area contributed by atoms with E-state index in [1.807, 2.05) is 25.1 Å². The van der Waals surface area contributed by atoms with Crippen LogP contribution in [0.15, 0.2) is 28.7 Å². The fourth-order valence-corrected chi connectivity index (χ4v) is 7.56. The number of primary amides is 1. The summed E-state index contributed by atoms with van der Waals surface area (Å²) in [5.74, 6) is -6.48. The lowest BCUT2D eigenvalue weighted by Gasteiger charge is -2.50.